The van der Waals surface area contributed by atoms with Gasteiger partial charge in [0.25, 0.3) is 5.79 Å². The fourth-order valence-corrected chi connectivity index (χ4v) is 14.7. The first-order valence-electron chi connectivity index (χ1n) is 42.2. The van der Waals surface area contributed by atoms with Crippen molar-refractivity contribution < 1.29 is 104 Å². The molecular formula is C82H152N2O21. The summed E-state index contributed by atoms with van der Waals surface area (Å²) in [5, 5.41) is 136. The van der Waals surface area contributed by atoms with E-state index in [-0.39, 0.29) is 12.3 Å². The third-order valence-corrected chi connectivity index (χ3v) is 21.4. The van der Waals surface area contributed by atoms with Crippen LogP contribution in [0.1, 0.15) is 342 Å². The molecule has 18 atom stereocenters. The van der Waals surface area contributed by atoms with Gasteiger partial charge in [-0.05, 0) is 44.9 Å². The van der Waals surface area contributed by atoms with Crippen molar-refractivity contribution in [3.8, 4) is 0 Å². The Morgan fingerprint density at radius 3 is 1.30 bits per heavy atom. The van der Waals surface area contributed by atoms with Crippen LogP contribution in [0.25, 0.3) is 0 Å². The molecule has 3 rings (SSSR count). The van der Waals surface area contributed by atoms with Gasteiger partial charge in [0.15, 0.2) is 12.6 Å². The van der Waals surface area contributed by atoms with Gasteiger partial charge in [-0.25, -0.2) is 4.79 Å². The minimum atomic E-state index is -3.08. The molecule has 0 aromatic heterocycles. The van der Waals surface area contributed by atoms with Crippen molar-refractivity contribution in [2.24, 2.45) is 0 Å². The Morgan fingerprint density at radius 1 is 0.495 bits per heavy atom. The topological polar surface area (TPSA) is 373 Å². The summed E-state index contributed by atoms with van der Waals surface area (Å²) < 4.78 is 34.9. The number of carbonyl (C=O) groups excluding carboxylic acids is 2. The summed E-state index contributed by atoms with van der Waals surface area (Å²) in [4.78, 5) is 38.7. The fraction of sp³-hybridized carbons (Fsp3) is 0.915. The van der Waals surface area contributed by atoms with Crippen LogP contribution in [0, 0.1) is 0 Å². The lowest BCUT2D eigenvalue weighted by Gasteiger charge is -2.50. The second-order valence-corrected chi connectivity index (χ2v) is 30.7. The van der Waals surface area contributed by atoms with E-state index < -0.39 is 155 Å². The Labute approximate surface area is 632 Å². The Bertz CT molecular complexity index is 2180. The molecule has 0 aromatic carbocycles. The average Bonchev–Trinajstić information content (AvgIpc) is 0.753. The normalized spacial score (nSPS) is 26.3. The number of rotatable bonds is 67. The highest BCUT2D eigenvalue weighted by Gasteiger charge is 2.60. The van der Waals surface area contributed by atoms with E-state index in [0.717, 1.165) is 51.9 Å². The summed E-state index contributed by atoms with van der Waals surface area (Å²) in [6, 6.07) is -2.62. The number of hydrogen-bond donors (Lipinski definition) is 14. The standard InChI is InChI=1S/C82H152N2O21/c1-4-6-8-10-12-14-16-18-20-22-23-24-25-26-27-28-29-30-31-32-33-34-35-36-37-38-39-40-42-44-46-48-50-52-54-56-69(92)84-63(64(89)55-53-51-49-47-45-43-41-21-19-17-15-13-11-9-7-5-2)61-100-79-74(96)73(95)76(68(60-87)102-79)103-80-75(97)78(72(94)67(59-86)101-80)105-82(81(98)99)57-65(90)70(83-62(3)88)77(104-82)71(93)66(91)58-85/h28-29,53,55,63-68,70-80,85-87,89-91,93-97H,4-27,30-52,54,56-61H2,1-3H3,(H,83,88)(H,84,92)(H,98,99)/b29-28-,55-53+. The molecule has 14 N–H and O–H groups in total. The van der Waals surface area contributed by atoms with Gasteiger partial charge in [-0.15, -0.1) is 0 Å². The minimum absolute atomic E-state index is 0.203. The Morgan fingerprint density at radius 2 is 0.895 bits per heavy atom. The lowest BCUT2D eigenvalue weighted by Crippen LogP contribution is -2.70. The van der Waals surface area contributed by atoms with Crippen LogP contribution in [0.2, 0.25) is 0 Å². The summed E-state index contributed by atoms with van der Waals surface area (Å²) in [7, 11) is 0. The molecular weight excluding hydrogens is 1350 g/mol. The van der Waals surface area contributed by atoms with Crippen LogP contribution in [0.4, 0.5) is 0 Å². The van der Waals surface area contributed by atoms with E-state index in [0.29, 0.717) is 12.8 Å². The Balaban J connectivity index is 1.44. The van der Waals surface area contributed by atoms with Crippen LogP contribution in [-0.4, -0.2) is 215 Å². The largest absolute Gasteiger partial charge is 0.477 e. The summed E-state index contributed by atoms with van der Waals surface area (Å²) in [5.41, 5.74) is 0. The number of aliphatic carboxylic acids is 1. The monoisotopic (exact) mass is 1500 g/mol. The maximum atomic E-state index is 13.5. The molecule has 0 aromatic rings. The number of amides is 2. The summed E-state index contributed by atoms with van der Waals surface area (Å²) in [6.07, 6.45) is 39.5. The molecule has 3 saturated heterocycles. The predicted molar refractivity (Wildman–Crippen MR) is 408 cm³/mol. The number of carboxylic acids is 1. The summed E-state index contributed by atoms with van der Waals surface area (Å²) in [5.74, 6) is -6.13. The maximum Gasteiger partial charge on any atom is 0.364 e. The number of ether oxygens (including phenoxy) is 6. The van der Waals surface area contributed by atoms with Crippen molar-refractivity contribution in [3.63, 3.8) is 0 Å². The molecule has 23 heteroatoms. The van der Waals surface area contributed by atoms with Crippen LogP contribution in [0.3, 0.4) is 0 Å². The van der Waals surface area contributed by atoms with Crippen molar-refractivity contribution in [1.29, 1.82) is 0 Å². The number of carboxylic acid groups (broad SMARTS) is 1. The van der Waals surface area contributed by atoms with E-state index in [1.165, 1.54) is 250 Å². The molecule has 105 heavy (non-hydrogen) atoms. The predicted octanol–water partition coefficient (Wildman–Crippen LogP) is 11.9. The first-order chi connectivity index (χ1) is 50.9. The Hall–Kier alpha value is -2.79. The zero-order valence-corrected chi connectivity index (χ0v) is 65.3. The molecule has 23 nitrogen and oxygen atoms in total. The molecule has 3 aliphatic heterocycles. The van der Waals surface area contributed by atoms with E-state index in [1.807, 2.05) is 6.08 Å². The lowest BCUT2D eigenvalue weighted by atomic mass is 9.88. The number of carbonyl (C=O) groups is 3. The molecule has 0 bridgehead atoms. The zero-order valence-electron chi connectivity index (χ0n) is 65.3. The van der Waals surface area contributed by atoms with Gasteiger partial charge in [0.05, 0.1) is 50.7 Å². The molecule has 0 aliphatic carbocycles. The molecule has 0 radical (unpaired) electrons. The second-order valence-electron chi connectivity index (χ2n) is 30.7. The average molecular weight is 1500 g/mol. The number of aliphatic hydroxyl groups excluding tert-OH is 11. The smallest absolute Gasteiger partial charge is 0.364 e. The van der Waals surface area contributed by atoms with Gasteiger partial charge in [0.2, 0.25) is 11.8 Å². The molecule has 2 amide bonds. The van der Waals surface area contributed by atoms with Crippen molar-refractivity contribution in [2.45, 2.75) is 452 Å². The highest BCUT2D eigenvalue weighted by Crippen LogP contribution is 2.39. The van der Waals surface area contributed by atoms with Crippen molar-refractivity contribution in [1.82, 2.24) is 10.6 Å². The molecule has 3 aliphatic rings. The SMILES string of the molecule is CCCCCCCCCCCCCCCC/C=C\CCCCCCCCCCCCCCCCCCCC(=O)NC(COC1OC(CO)C(OC2OC(CO)C(O)C(OC3(C(=O)O)CC(O)C(NC(C)=O)C(C(O)C(O)CO)O3)C2O)C(O)C1O)C(O)/C=C/CCCCCCCCCCCCCCCC. The third kappa shape index (κ3) is 40.8. The van der Waals surface area contributed by atoms with Gasteiger partial charge in [0.1, 0.15) is 67.1 Å². The maximum absolute atomic E-state index is 13.5. The minimum Gasteiger partial charge on any atom is -0.477 e. The van der Waals surface area contributed by atoms with Gasteiger partial charge in [-0.1, -0.05) is 301 Å². The number of allylic oxidation sites excluding steroid dienone is 3. The van der Waals surface area contributed by atoms with Gasteiger partial charge < -0.3 is 100 Å². The van der Waals surface area contributed by atoms with Crippen LogP contribution in [0.5, 0.6) is 0 Å². The highest BCUT2D eigenvalue weighted by atomic mass is 16.8. The molecule has 18 unspecified atom stereocenters. The van der Waals surface area contributed by atoms with Crippen molar-refractivity contribution in [3.05, 3.63) is 24.3 Å². The first kappa shape index (κ1) is 96.4. The number of nitrogens with one attached hydrogen (secondary N) is 2. The van der Waals surface area contributed by atoms with Crippen LogP contribution in [-0.2, 0) is 42.8 Å². The van der Waals surface area contributed by atoms with E-state index in [4.69, 9.17) is 28.4 Å². The van der Waals surface area contributed by atoms with Crippen LogP contribution in [0.15, 0.2) is 24.3 Å². The third-order valence-electron chi connectivity index (χ3n) is 21.4. The van der Waals surface area contributed by atoms with Gasteiger partial charge in [0, 0.05) is 19.8 Å². The molecule has 3 fully saturated rings. The van der Waals surface area contributed by atoms with Gasteiger partial charge >= 0.3 is 5.97 Å². The quantitative estimate of drug-likeness (QED) is 0.0199. The first-order valence-corrected chi connectivity index (χ1v) is 42.2. The number of unbranched alkanes of at least 4 members (excludes halogenated alkanes) is 45. The lowest BCUT2D eigenvalue weighted by molar-refractivity contribution is -0.386. The van der Waals surface area contributed by atoms with E-state index in [9.17, 15) is 75.7 Å². The van der Waals surface area contributed by atoms with E-state index in [2.05, 4.69) is 36.6 Å². The highest BCUT2D eigenvalue weighted by molar-refractivity contribution is 5.77. The van der Waals surface area contributed by atoms with Crippen molar-refractivity contribution >= 4 is 17.8 Å². The van der Waals surface area contributed by atoms with E-state index in [1.54, 1.807) is 6.08 Å². The van der Waals surface area contributed by atoms with Crippen LogP contribution < -0.4 is 10.6 Å². The number of aliphatic hydroxyl groups is 11. The fourth-order valence-electron chi connectivity index (χ4n) is 14.7. The second kappa shape index (κ2) is 60.9. The van der Waals surface area contributed by atoms with Gasteiger partial charge in [-0.3, -0.25) is 9.59 Å². The van der Waals surface area contributed by atoms with Gasteiger partial charge in [-0.2, -0.15) is 0 Å². The molecule has 616 valence electrons. The summed E-state index contributed by atoms with van der Waals surface area (Å²) >= 11 is 0. The van der Waals surface area contributed by atoms with Crippen LogP contribution >= 0.6 is 0 Å². The molecule has 0 saturated carbocycles. The molecule has 0 spiro atoms. The number of hydrogen-bond acceptors (Lipinski definition) is 20. The summed E-state index contributed by atoms with van der Waals surface area (Å²) in [6.45, 7) is 2.18. The zero-order chi connectivity index (χ0) is 76.7. The molecule has 3 heterocycles. The van der Waals surface area contributed by atoms with Crippen molar-refractivity contribution in [2.75, 3.05) is 26.4 Å². The Kier molecular flexibility index (Phi) is 55.9. The van der Waals surface area contributed by atoms with E-state index >= 15 is 0 Å².